The molecule has 0 radical (unpaired) electrons. The summed E-state index contributed by atoms with van der Waals surface area (Å²) in [5.74, 6) is -0.452. The summed E-state index contributed by atoms with van der Waals surface area (Å²) < 4.78 is 23.1. The van der Waals surface area contributed by atoms with Gasteiger partial charge in [0.1, 0.15) is 0 Å². The summed E-state index contributed by atoms with van der Waals surface area (Å²) in [7, 11) is 0. The van der Waals surface area contributed by atoms with Crippen molar-refractivity contribution in [3.63, 3.8) is 0 Å². The third-order valence-corrected chi connectivity index (χ3v) is 8.20. The highest BCUT2D eigenvalue weighted by Gasteiger charge is 2.39. The molecular formula is C33H31ClN2O8. The molecule has 0 aromatic heterocycles. The maximum atomic E-state index is 13.6. The van der Waals surface area contributed by atoms with E-state index < -0.39 is 24.0 Å². The molecule has 0 spiro atoms. The lowest BCUT2D eigenvalue weighted by molar-refractivity contribution is -0.165. The molecule has 3 heterocycles. The van der Waals surface area contributed by atoms with Gasteiger partial charge in [-0.25, -0.2) is 4.90 Å². The average Bonchev–Trinajstić information content (AvgIpc) is 3.58. The Bertz CT molecular complexity index is 1670. The number of carbonyl (C=O) groups is 3. The first kappa shape index (κ1) is 29.7. The normalized spacial score (nSPS) is 20.3. The number of carbonyl (C=O) groups excluding carboxylic acids is 3. The van der Waals surface area contributed by atoms with Gasteiger partial charge in [0.25, 0.3) is 17.7 Å². The topological polar surface area (TPSA) is 124 Å². The molecule has 3 aromatic rings. The number of allylic oxidation sites excluding steroid dienone is 1. The Balaban J connectivity index is 1.26. The van der Waals surface area contributed by atoms with Crippen LogP contribution in [-0.4, -0.2) is 49.1 Å². The highest BCUT2D eigenvalue weighted by Crippen LogP contribution is 2.43. The van der Waals surface area contributed by atoms with Crippen molar-refractivity contribution in [2.24, 2.45) is 5.92 Å². The minimum atomic E-state index is -0.723. The molecule has 11 heteroatoms. The molecule has 3 aliphatic heterocycles. The average molecular weight is 619 g/mol. The van der Waals surface area contributed by atoms with Crippen LogP contribution in [0.4, 0.5) is 11.4 Å². The number of ether oxygens (including phenoxy) is 4. The molecule has 44 heavy (non-hydrogen) atoms. The number of rotatable bonds is 9. The first-order chi connectivity index (χ1) is 21.3. The Labute approximate surface area is 259 Å². The van der Waals surface area contributed by atoms with E-state index in [-0.39, 0.29) is 42.1 Å². The van der Waals surface area contributed by atoms with Crippen molar-refractivity contribution in [2.75, 3.05) is 30.2 Å². The van der Waals surface area contributed by atoms with Gasteiger partial charge in [-0.05, 0) is 92.4 Å². The van der Waals surface area contributed by atoms with Crippen LogP contribution in [0, 0.1) is 12.8 Å². The summed E-state index contributed by atoms with van der Waals surface area (Å²) in [5, 5.41) is 12.8. The highest BCUT2D eigenvalue weighted by molar-refractivity contribution is 6.37. The first-order valence-corrected chi connectivity index (χ1v) is 14.8. The monoisotopic (exact) mass is 618 g/mol. The lowest BCUT2D eigenvalue weighted by Crippen LogP contribution is -2.37. The van der Waals surface area contributed by atoms with Gasteiger partial charge in [0.2, 0.25) is 13.1 Å². The van der Waals surface area contributed by atoms with Crippen LogP contribution in [0.3, 0.4) is 0 Å². The lowest BCUT2D eigenvalue weighted by atomic mass is 9.80. The molecule has 6 rings (SSSR count). The third kappa shape index (κ3) is 5.52. The summed E-state index contributed by atoms with van der Waals surface area (Å²) in [6.45, 7) is 4.14. The van der Waals surface area contributed by atoms with E-state index in [9.17, 15) is 19.5 Å². The van der Waals surface area contributed by atoms with Crippen LogP contribution >= 0.6 is 11.6 Å². The number of amides is 3. The van der Waals surface area contributed by atoms with Crippen molar-refractivity contribution in [1.82, 2.24) is 0 Å². The summed E-state index contributed by atoms with van der Waals surface area (Å²) >= 11 is 6.05. The fourth-order valence-electron chi connectivity index (χ4n) is 5.87. The number of hydrogen-bond donors (Lipinski definition) is 2. The Morgan fingerprint density at radius 3 is 2.61 bits per heavy atom. The van der Waals surface area contributed by atoms with Crippen molar-refractivity contribution >= 4 is 40.7 Å². The van der Waals surface area contributed by atoms with E-state index in [1.807, 2.05) is 25.1 Å². The quantitative estimate of drug-likeness (QED) is 0.299. The summed E-state index contributed by atoms with van der Waals surface area (Å²) in [4.78, 5) is 40.8. The number of halogens is 1. The molecule has 0 fully saturated rings. The lowest BCUT2D eigenvalue weighted by Gasteiger charge is -2.37. The van der Waals surface area contributed by atoms with Gasteiger partial charge in [-0.3, -0.25) is 14.4 Å². The molecule has 0 aliphatic carbocycles. The Hall–Kier alpha value is -4.38. The van der Waals surface area contributed by atoms with E-state index in [0.29, 0.717) is 52.9 Å². The number of anilines is 2. The molecule has 0 saturated heterocycles. The van der Waals surface area contributed by atoms with Crippen molar-refractivity contribution in [2.45, 2.75) is 38.9 Å². The fourth-order valence-corrected chi connectivity index (χ4v) is 6.05. The van der Waals surface area contributed by atoms with Crippen LogP contribution in [0.1, 0.15) is 57.5 Å². The first-order valence-electron chi connectivity index (χ1n) is 14.4. The Kier molecular flexibility index (Phi) is 8.31. The maximum absolute atomic E-state index is 13.6. The molecule has 2 N–H and O–H groups in total. The predicted octanol–water partition coefficient (Wildman–Crippen LogP) is 5.57. The SMILES string of the molecule is CCO[C@H]1OC(C(=O)Nc2ccc(N3C(=O)c4ccc(Cl)cc4C3=O)c(C)c2)=C[C@@H](c2ccc3c(c2)OCO3)[C@@H]1CCCO. The minimum Gasteiger partial charge on any atom is -0.459 e. The van der Waals surface area contributed by atoms with Gasteiger partial charge in [-0.2, -0.15) is 0 Å². The number of imide groups is 1. The number of nitrogens with zero attached hydrogens (tertiary/aromatic N) is 1. The number of aliphatic hydroxyl groups excluding tert-OH is 1. The Morgan fingerprint density at radius 1 is 1.05 bits per heavy atom. The fraction of sp³-hybridized carbons (Fsp3) is 0.303. The standard InChI is InChI=1S/C33H31ClN2O8/c1-3-41-33-23(5-4-12-37)24(19-6-11-27-28(14-19)43-17-42-27)16-29(44-33)30(38)35-21-8-10-26(18(2)13-21)36-31(39)22-9-7-20(34)15-25(22)32(36)40/h6-11,13-16,23-24,33,37H,3-5,12,17H2,1-2H3,(H,35,38)/t23-,24-,33-/m0/s1. The molecule has 0 bridgehead atoms. The second-order valence-corrected chi connectivity index (χ2v) is 11.2. The molecular weight excluding hydrogens is 588 g/mol. The minimum absolute atomic E-state index is 0.0179. The van der Waals surface area contributed by atoms with E-state index >= 15 is 0 Å². The molecule has 3 atom stereocenters. The molecule has 3 aliphatic rings. The van der Waals surface area contributed by atoms with Gasteiger partial charge >= 0.3 is 0 Å². The molecule has 0 unspecified atom stereocenters. The molecule has 3 aromatic carbocycles. The summed E-state index contributed by atoms with van der Waals surface area (Å²) in [5.41, 5.74) is 2.91. The van der Waals surface area contributed by atoms with Gasteiger partial charge in [0.05, 0.1) is 16.8 Å². The molecule has 10 nitrogen and oxygen atoms in total. The van der Waals surface area contributed by atoms with E-state index in [1.54, 1.807) is 43.3 Å². The smallest absolute Gasteiger partial charge is 0.290 e. The van der Waals surface area contributed by atoms with Gasteiger partial charge < -0.3 is 29.4 Å². The highest BCUT2D eigenvalue weighted by atomic mass is 35.5. The van der Waals surface area contributed by atoms with Crippen molar-refractivity contribution in [1.29, 1.82) is 0 Å². The van der Waals surface area contributed by atoms with Crippen LogP contribution in [-0.2, 0) is 14.3 Å². The van der Waals surface area contributed by atoms with Crippen LogP contribution in [0.5, 0.6) is 11.5 Å². The number of fused-ring (bicyclic) bond motifs is 2. The number of benzene rings is 3. The number of aryl methyl sites for hydroxylation is 1. The van der Waals surface area contributed by atoms with Crippen LogP contribution in [0.15, 0.2) is 66.4 Å². The zero-order valence-electron chi connectivity index (χ0n) is 24.2. The van der Waals surface area contributed by atoms with Crippen LogP contribution in [0.2, 0.25) is 5.02 Å². The zero-order valence-corrected chi connectivity index (χ0v) is 24.9. The second kappa shape index (κ2) is 12.3. The molecule has 0 saturated carbocycles. The largest absolute Gasteiger partial charge is 0.459 e. The van der Waals surface area contributed by atoms with E-state index in [1.165, 1.54) is 6.07 Å². The van der Waals surface area contributed by atoms with E-state index in [2.05, 4.69) is 5.32 Å². The van der Waals surface area contributed by atoms with Gasteiger partial charge in [0.15, 0.2) is 17.3 Å². The number of aliphatic hydroxyl groups is 1. The van der Waals surface area contributed by atoms with Gasteiger partial charge in [-0.15, -0.1) is 0 Å². The van der Waals surface area contributed by atoms with Gasteiger partial charge in [0, 0.05) is 35.8 Å². The summed E-state index contributed by atoms with van der Waals surface area (Å²) in [6.07, 6.45) is 2.20. The van der Waals surface area contributed by atoms with Crippen LogP contribution < -0.4 is 19.7 Å². The number of hydrogen-bond acceptors (Lipinski definition) is 8. The van der Waals surface area contributed by atoms with Crippen LogP contribution in [0.25, 0.3) is 0 Å². The second-order valence-electron chi connectivity index (χ2n) is 10.7. The van der Waals surface area contributed by atoms with Gasteiger partial charge in [-0.1, -0.05) is 17.7 Å². The van der Waals surface area contributed by atoms with Crippen molar-refractivity contribution < 1.29 is 38.4 Å². The molecule has 228 valence electrons. The summed E-state index contributed by atoms with van der Waals surface area (Å²) in [6, 6.07) is 15.2. The maximum Gasteiger partial charge on any atom is 0.290 e. The molecule has 3 amide bonds. The van der Waals surface area contributed by atoms with E-state index in [4.69, 9.17) is 30.5 Å². The van der Waals surface area contributed by atoms with Crippen molar-refractivity contribution in [3.05, 3.63) is 93.7 Å². The zero-order chi connectivity index (χ0) is 31.0. The van der Waals surface area contributed by atoms with E-state index in [0.717, 1.165) is 10.5 Å². The predicted molar refractivity (Wildman–Crippen MR) is 162 cm³/mol. The Morgan fingerprint density at radius 2 is 1.84 bits per heavy atom. The van der Waals surface area contributed by atoms with Crippen molar-refractivity contribution in [3.8, 4) is 11.5 Å². The third-order valence-electron chi connectivity index (χ3n) is 7.96. The number of nitrogens with one attached hydrogen (secondary N) is 1.